The molecular formula is C21H18N2O3. The quantitative estimate of drug-likeness (QED) is 0.551. The third kappa shape index (κ3) is 4.95. The van der Waals surface area contributed by atoms with E-state index in [0.29, 0.717) is 5.75 Å². The molecule has 3 aromatic carbocycles. The number of hydrogen-bond acceptors (Lipinski definition) is 3. The Hall–Kier alpha value is -3.60. The Morgan fingerprint density at radius 3 is 2.38 bits per heavy atom. The lowest BCUT2D eigenvalue weighted by molar-refractivity contribution is -0.128. The highest BCUT2D eigenvalue weighted by Gasteiger charge is 2.04. The molecule has 130 valence electrons. The lowest BCUT2D eigenvalue weighted by atomic mass is 10.1. The summed E-state index contributed by atoms with van der Waals surface area (Å²) < 4.78 is 5.46. The van der Waals surface area contributed by atoms with Crippen molar-refractivity contribution >= 4 is 28.7 Å². The number of fused-ring (bicyclic) bond motifs is 1. The fourth-order valence-corrected chi connectivity index (χ4v) is 2.35. The Balaban J connectivity index is 1.44. The van der Waals surface area contributed by atoms with Crippen LogP contribution in [-0.2, 0) is 9.59 Å². The summed E-state index contributed by atoms with van der Waals surface area (Å²) >= 11 is 0. The van der Waals surface area contributed by atoms with Crippen LogP contribution in [0.3, 0.4) is 0 Å². The van der Waals surface area contributed by atoms with E-state index < -0.39 is 11.8 Å². The zero-order chi connectivity index (χ0) is 18.2. The van der Waals surface area contributed by atoms with Gasteiger partial charge in [-0.05, 0) is 34.5 Å². The molecule has 0 heterocycles. The molecule has 3 aromatic rings. The maximum absolute atomic E-state index is 11.8. The van der Waals surface area contributed by atoms with Gasteiger partial charge in [0, 0.05) is 6.08 Å². The predicted molar refractivity (Wildman–Crippen MR) is 101 cm³/mol. The van der Waals surface area contributed by atoms with E-state index in [1.807, 2.05) is 66.7 Å². The number of carbonyl (C=O) groups excluding carboxylic acids is 2. The number of amides is 2. The third-order valence-electron chi connectivity index (χ3n) is 3.64. The monoisotopic (exact) mass is 346 g/mol. The zero-order valence-electron chi connectivity index (χ0n) is 14.0. The molecule has 0 fully saturated rings. The van der Waals surface area contributed by atoms with Gasteiger partial charge in [-0.15, -0.1) is 0 Å². The van der Waals surface area contributed by atoms with Crippen LogP contribution >= 0.6 is 0 Å². The first-order chi connectivity index (χ1) is 12.7. The van der Waals surface area contributed by atoms with Gasteiger partial charge in [0.05, 0.1) is 0 Å². The minimum atomic E-state index is -0.445. The van der Waals surface area contributed by atoms with Crippen LogP contribution in [0.1, 0.15) is 5.56 Å². The summed E-state index contributed by atoms with van der Waals surface area (Å²) in [5.74, 6) is -0.276. The summed E-state index contributed by atoms with van der Waals surface area (Å²) in [7, 11) is 0. The highest BCUT2D eigenvalue weighted by Crippen LogP contribution is 2.20. The summed E-state index contributed by atoms with van der Waals surface area (Å²) in [4.78, 5) is 23.5. The lowest BCUT2D eigenvalue weighted by Gasteiger charge is -2.08. The maximum atomic E-state index is 11.8. The van der Waals surface area contributed by atoms with Gasteiger partial charge in [0.25, 0.3) is 11.8 Å². The van der Waals surface area contributed by atoms with E-state index in [-0.39, 0.29) is 6.61 Å². The van der Waals surface area contributed by atoms with Crippen molar-refractivity contribution in [2.24, 2.45) is 0 Å². The molecule has 0 unspecified atom stereocenters. The number of benzene rings is 3. The molecule has 0 radical (unpaired) electrons. The molecule has 26 heavy (non-hydrogen) atoms. The van der Waals surface area contributed by atoms with Crippen LogP contribution in [0, 0.1) is 0 Å². The normalized spacial score (nSPS) is 10.6. The first-order valence-corrected chi connectivity index (χ1v) is 8.14. The predicted octanol–water partition coefficient (Wildman–Crippen LogP) is 3.08. The summed E-state index contributed by atoms with van der Waals surface area (Å²) in [5, 5.41) is 2.13. The maximum Gasteiger partial charge on any atom is 0.276 e. The minimum absolute atomic E-state index is 0.193. The van der Waals surface area contributed by atoms with Crippen molar-refractivity contribution in [2.75, 3.05) is 6.61 Å². The van der Waals surface area contributed by atoms with Crippen molar-refractivity contribution < 1.29 is 14.3 Å². The molecule has 0 saturated heterocycles. The van der Waals surface area contributed by atoms with E-state index in [0.717, 1.165) is 16.3 Å². The Bertz CT molecular complexity index is 936. The number of nitrogens with one attached hydrogen (secondary N) is 2. The molecule has 0 spiro atoms. The number of rotatable bonds is 5. The van der Waals surface area contributed by atoms with Gasteiger partial charge < -0.3 is 4.74 Å². The van der Waals surface area contributed by atoms with Crippen molar-refractivity contribution in [2.45, 2.75) is 0 Å². The highest BCUT2D eigenvalue weighted by molar-refractivity contribution is 5.93. The second-order valence-corrected chi connectivity index (χ2v) is 5.58. The van der Waals surface area contributed by atoms with Gasteiger partial charge in [-0.3, -0.25) is 20.4 Å². The lowest BCUT2D eigenvalue weighted by Crippen LogP contribution is -2.43. The van der Waals surface area contributed by atoms with Gasteiger partial charge >= 0.3 is 0 Å². The zero-order valence-corrected chi connectivity index (χ0v) is 14.0. The standard InChI is InChI=1S/C21H18N2O3/c24-20(13-10-16-6-2-1-3-7-16)22-23-21(25)15-26-19-12-11-17-8-4-5-9-18(17)14-19/h1-14H,15H2,(H,22,24)(H,23,25)/b13-10-. The number of hydrazine groups is 1. The average molecular weight is 346 g/mol. The van der Waals surface area contributed by atoms with E-state index >= 15 is 0 Å². The fourth-order valence-electron chi connectivity index (χ4n) is 2.35. The molecule has 2 N–H and O–H groups in total. The van der Waals surface area contributed by atoms with E-state index in [2.05, 4.69) is 10.9 Å². The molecule has 0 aliphatic rings. The van der Waals surface area contributed by atoms with Crippen LogP contribution in [0.2, 0.25) is 0 Å². The third-order valence-corrected chi connectivity index (χ3v) is 3.64. The SMILES string of the molecule is O=C(/C=C\c1ccccc1)NNC(=O)COc1ccc2ccccc2c1. The van der Waals surface area contributed by atoms with Gasteiger partial charge in [0.15, 0.2) is 6.61 Å². The molecule has 3 rings (SSSR count). The second-order valence-electron chi connectivity index (χ2n) is 5.58. The Kier molecular flexibility index (Phi) is 5.62. The van der Waals surface area contributed by atoms with Crippen molar-refractivity contribution in [1.82, 2.24) is 10.9 Å². The molecule has 2 amide bonds. The second kappa shape index (κ2) is 8.48. The van der Waals surface area contributed by atoms with Gasteiger partial charge in [-0.25, -0.2) is 0 Å². The van der Waals surface area contributed by atoms with Crippen molar-refractivity contribution in [3.8, 4) is 5.75 Å². The number of hydrogen-bond donors (Lipinski definition) is 2. The first kappa shape index (κ1) is 17.2. The topological polar surface area (TPSA) is 67.4 Å². The molecule has 0 saturated carbocycles. The van der Waals surface area contributed by atoms with Gasteiger partial charge in [-0.1, -0.05) is 60.7 Å². The number of carbonyl (C=O) groups is 2. The Labute approximate surface area is 151 Å². The smallest absolute Gasteiger partial charge is 0.276 e. The molecule has 0 bridgehead atoms. The largest absolute Gasteiger partial charge is 0.484 e. The van der Waals surface area contributed by atoms with Crippen LogP contribution in [0.5, 0.6) is 5.75 Å². The number of ether oxygens (including phenoxy) is 1. The molecule has 5 nitrogen and oxygen atoms in total. The highest BCUT2D eigenvalue weighted by atomic mass is 16.5. The molecule has 5 heteroatoms. The minimum Gasteiger partial charge on any atom is -0.484 e. The van der Waals surface area contributed by atoms with E-state index in [1.165, 1.54) is 6.08 Å². The van der Waals surface area contributed by atoms with Crippen molar-refractivity contribution in [1.29, 1.82) is 0 Å². The summed E-state index contributed by atoms with van der Waals surface area (Å²) in [6, 6.07) is 22.9. The van der Waals surface area contributed by atoms with E-state index in [1.54, 1.807) is 12.1 Å². The van der Waals surface area contributed by atoms with Crippen LogP contribution in [0.15, 0.2) is 78.9 Å². The fraction of sp³-hybridized carbons (Fsp3) is 0.0476. The summed E-state index contributed by atoms with van der Waals surface area (Å²) in [6.07, 6.45) is 3.01. The van der Waals surface area contributed by atoms with Gasteiger partial charge in [0.2, 0.25) is 0 Å². The average Bonchev–Trinajstić information content (AvgIpc) is 2.69. The van der Waals surface area contributed by atoms with Crippen LogP contribution in [-0.4, -0.2) is 18.4 Å². The van der Waals surface area contributed by atoms with Gasteiger partial charge in [-0.2, -0.15) is 0 Å². The first-order valence-electron chi connectivity index (χ1n) is 8.14. The van der Waals surface area contributed by atoms with Crippen molar-refractivity contribution in [3.63, 3.8) is 0 Å². The molecular weight excluding hydrogens is 328 g/mol. The summed E-state index contributed by atoms with van der Waals surface area (Å²) in [5.41, 5.74) is 5.52. The Morgan fingerprint density at radius 1 is 0.846 bits per heavy atom. The molecule has 0 atom stereocenters. The van der Waals surface area contributed by atoms with Crippen LogP contribution in [0.4, 0.5) is 0 Å². The van der Waals surface area contributed by atoms with E-state index in [9.17, 15) is 9.59 Å². The van der Waals surface area contributed by atoms with Crippen molar-refractivity contribution in [3.05, 3.63) is 84.4 Å². The van der Waals surface area contributed by atoms with E-state index in [4.69, 9.17) is 4.74 Å². The van der Waals surface area contributed by atoms with Crippen LogP contribution in [0.25, 0.3) is 16.8 Å². The molecule has 0 aliphatic carbocycles. The molecule has 0 aliphatic heterocycles. The van der Waals surface area contributed by atoms with Gasteiger partial charge in [0.1, 0.15) is 5.75 Å². The molecule has 0 aromatic heterocycles. The Morgan fingerprint density at radius 2 is 1.58 bits per heavy atom. The van der Waals surface area contributed by atoms with Crippen LogP contribution < -0.4 is 15.6 Å². The summed E-state index contributed by atoms with van der Waals surface area (Å²) in [6.45, 7) is -0.193.